The molecule has 0 amide bonds. The standard InChI is InChI=1S/C22H24F2O4.C20H22F2O4/c1-2-26-21(25)7-4-10-27-22-19(23)12-17(13-20(22)24)16-5-3-6-18(11-16)28-14-15-8-9-15;21-17-11-16(15-5-2-1-3-6-15)12-20(22,26-13-14-8-9-14)19(17)25-10-4-7-18(23)24/h3,5-6,11-13,15H,2,4,7-10,14H2,1H3;1-3,5-6,11,14H,4,7-10,12-13H2,(H,23,24). The molecule has 1 N–H and O–H groups in total. The predicted molar refractivity (Wildman–Crippen MR) is 194 cm³/mol. The van der Waals surface area contributed by atoms with Gasteiger partial charge in [0, 0.05) is 19.3 Å². The first-order valence-corrected chi connectivity index (χ1v) is 18.4. The van der Waals surface area contributed by atoms with E-state index in [0.717, 1.165) is 18.4 Å². The Bertz CT molecular complexity index is 1760. The zero-order valence-corrected chi connectivity index (χ0v) is 30.3. The van der Waals surface area contributed by atoms with Crippen molar-refractivity contribution in [3.63, 3.8) is 0 Å². The summed E-state index contributed by atoms with van der Waals surface area (Å²) in [7, 11) is 0. The van der Waals surface area contributed by atoms with Gasteiger partial charge >= 0.3 is 11.9 Å². The Morgan fingerprint density at radius 3 is 2.09 bits per heavy atom. The first kappa shape index (κ1) is 40.3. The van der Waals surface area contributed by atoms with Gasteiger partial charge in [0.15, 0.2) is 29.0 Å². The number of aliphatic carboxylic acids is 1. The third kappa shape index (κ3) is 12.4. The van der Waals surface area contributed by atoms with Crippen LogP contribution in [0.2, 0.25) is 0 Å². The first-order chi connectivity index (χ1) is 26.0. The molecule has 3 aromatic rings. The second-order valence-electron chi connectivity index (χ2n) is 13.5. The van der Waals surface area contributed by atoms with Crippen molar-refractivity contribution in [3.05, 3.63) is 102 Å². The predicted octanol–water partition coefficient (Wildman–Crippen LogP) is 9.77. The summed E-state index contributed by atoms with van der Waals surface area (Å²) < 4.78 is 85.5. The fourth-order valence-electron chi connectivity index (χ4n) is 5.59. The lowest BCUT2D eigenvalue weighted by Crippen LogP contribution is -2.35. The van der Waals surface area contributed by atoms with Crippen LogP contribution in [-0.4, -0.2) is 55.9 Å². The molecule has 8 nitrogen and oxygen atoms in total. The molecule has 3 aliphatic carbocycles. The molecule has 0 heterocycles. The number of allylic oxidation sites excluding steroid dienone is 2. The summed E-state index contributed by atoms with van der Waals surface area (Å²) in [5.41, 5.74) is 2.30. The van der Waals surface area contributed by atoms with Crippen molar-refractivity contribution in [2.24, 2.45) is 11.8 Å². The maximum atomic E-state index is 15.6. The third-order valence-electron chi connectivity index (χ3n) is 8.87. The van der Waals surface area contributed by atoms with Crippen LogP contribution in [0, 0.1) is 23.5 Å². The number of ether oxygens (including phenoxy) is 5. The number of rotatable bonds is 19. The average molecular weight is 755 g/mol. The van der Waals surface area contributed by atoms with Crippen molar-refractivity contribution in [2.75, 3.05) is 33.0 Å². The summed E-state index contributed by atoms with van der Waals surface area (Å²) in [6.45, 7) is 2.85. The van der Waals surface area contributed by atoms with Crippen molar-refractivity contribution in [1.29, 1.82) is 0 Å². The van der Waals surface area contributed by atoms with Gasteiger partial charge in [0.2, 0.25) is 0 Å². The van der Waals surface area contributed by atoms with E-state index >= 15 is 4.39 Å². The minimum Gasteiger partial charge on any atom is -0.493 e. The Balaban J connectivity index is 0.000000208. The van der Waals surface area contributed by atoms with E-state index in [2.05, 4.69) is 0 Å². The van der Waals surface area contributed by atoms with Crippen molar-refractivity contribution in [1.82, 2.24) is 0 Å². The summed E-state index contributed by atoms with van der Waals surface area (Å²) >= 11 is 0. The minimum absolute atomic E-state index is 0.0243. The quantitative estimate of drug-likeness (QED) is 0.0734. The van der Waals surface area contributed by atoms with Gasteiger partial charge in [-0.05, 0) is 110 Å². The molecular weight excluding hydrogens is 708 g/mol. The summed E-state index contributed by atoms with van der Waals surface area (Å²) in [6.07, 6.45) is 5.97. The van der Waals surface area contributed by atoms with Crippen LogP contribution in [0.25, 0.3) is 16.7 Å². The molecular formula is C42H46F4O8. The Labute approximate surface area is 312 Å². The van der Waals surface area contributed by atoms with Gasteiger partial charge in [0.05, 0.1) is 33.0 Å². The number of carboxylic acid groups (broad SMARTS) is 1. The van der Waals surface area contributed by atoms with Gasteiger partial charge in [-0.2, -0.15) is 0 Å². The summed E-state index contributed by atoms with van der Waals surface area (Å²) in [5.74, 6) is -5.39. The molecule has 1 unspecified atom stereocenters. The number of carbonyl (C=O) groups excluding carboxylic acids is 1. The van der Waals surface area contributed by atoms with Gasteiger partial charge in [-0.25, -0.2) is 17.6 Å². The van der Waals surface area contributed by atoms with Crippen LogP contribution >= 0.6 is 0 Å². The van der Waals surface area contributed by atoms with Crippen molar-refractivity contribution in [2.45, 2.75) is 70.6 Å². The fraction of sp³-hybridized carbons (Fsp3) is 0.429. The maximum absolute atomic E-state index is 15.6. The Morgan fingerprint density at radius 1 is 0.778 bits per heavy atom. The number of hydrogen-bond donors (Lipinski definition) is 1. The van der Waals surface area contributed by atoms with Crippen LogP contribution in [0.15, 0.2) is 84.4 Å². The van der Waals surface area contributed by atoms with Crippen LogP contribution in [-0.2, 0) is 23.8 Å². The lowest BCUT2D eigenvalue weighted by atomic mass is 9.92. The van der Waals surface area contributed by atoms with Gasteiger partial charge < -0.3 is 28.8 Å². The smallest absolute Gasteiger partial charge is 0.305 e. The SMILES string of the molecule is CCOC(=O)CCCOc1c(F)cc(-c2cccc(OCC3CC3)c2)cc1F.O=C(O)CCCOC1=C(F)C=C(c2ccccc2)CC1(F)OCC1CC1. The van der Waals surface area contributed by atoms with Crippen LogP contribution < -0.4 is 9.47 Å². The monoisotopic (exact) mass is 754 g/mol. The molecule has 54 heavy (non-hydrogen) atoms. The van der Waals surface area contributed by atoms with Crippen molar-refractivity contribution < 1.29 is 55.9 Å². The molecule has 0 radical (unpaired) electrons. The fourth-order valence-corrected chi connectivity index (χ4v) is 5.59. The van der Waals surface area contributed by atoms with Crippen LogP contribution in [0.3, 0.4) is 0 Å². The highest BCUT2D eigenvalue weighted by molar-refractivity contribution is 5.71. The number of benzene rings is 3. The molecule has 3 aliphatic rings. The summed E-state index contributed by atoms with van der Waals surface area (Å²) in [4.78, 5) is 21.8. The van der Waals surface area contributed by atoms with Gasteiger partial charge in [-0.15, -0.1) is 0 Å². The zero-order valence-electron chi connectivity index (χ0n) is 30.3. The number of halogens is 4. The van der Waals surface area contributed by atoms with Gasteiger partial charge in [0.25, 0.3) is 5.85 Å². The molecule has 2 saturated carbocycles. The first-order valence-electron chi connectivity index (χ1n) is 18.4. The topological polar surface area (TPSA) is 101 Å². The summed E-state index contributed by atoms with van der Waals surface area (Å²) in [6, 6.07) is 18.7. The van der Waals surface area contributed by atoms with E-state index in [1.165, 1.54) is 31.1 Å². The Hall–Kier alpha value is -4.84. The number of hydrogen-bond acceptors (Lipinski definition) is 7. The third-order valence-corrected chi connectivity index (χ3v) is 8.87. The van der Waals surface area contributed by atoms with E-state index in [-0.39, 0.29) is 51.5 Å². The number of esters is 1. The van der Waals surface area contributed by atoms with Gasteiger partial charge in [-0.3, -0.25) is 9.59 Å². The average Bonchev–Trinajstić information content (AvgIpc) is 4.09. The molecule has 0 spiro atoms. The minimum atomic E-state index is -2.38. The largest absolute Gasteiger partial charge is 0.493 e. The number of alkyl halides is 1. The van der Waals surface area contributed by atoms with Crippen LogP contribution in [0.5, 0.6) is 11.5 Å². The normalized spacial score (nSPS) is 17.9. The molecule has 0 aliphatic heterocycles. The van der Waals surface area contributed by atoms with Crippen LogP contribution in [0.4, 0.5) is 17.6 Å². The molecule has 0 saturated heterocycles. The molecule has 290 valence electrons. The number of carboxylic acids is 1. The van der Waals surface area contributed by atoms with Crippen molar-refractivity contribution in [3.8, 4) is 22.6 Å². The molecule has 0 bridgehead atoms. The van der Waals surface area contributed by atoms with E-state index in [4.69, 9.17) is 28.8 Å². The highest BCUT2D eigenvalue weighted by atomic mass is 19.2. The Kier molecular flexibility index (Phi) is 14.6. The zero-order chi connectivity index (χ0) is 38.5. The maximum Gasteiger partial charge on any atom is 0.305 e. The van der Waals surface area contributed by atoms with Crippen LogP contribution in [0.1, 0.15) is 70.3 Å². The lowest BCUT2D eigenvalue weighted by molar-refractivity contribution is -0.149. The highest BCUT2D eigenvalue weighted by Gasteiger charge is 2.45. The van der Waals surface area contributed by atoms with Gasteiger partial charge in [-0.1, -0.05) is 42.5 Å². The molecule has 1 atom stereocenters. The van der Waals surface area contributed by atoms with E-state index in [1.54, 1.807) is 49.4 Å². The van der Waals surface area contributed by atoms with E-state index in [9.17, 15) is 22.8 Å². The van der Waals surface area contributed by atoms with Crippen molar-refractivity contribution >= 4 is 17.5 Å². The Morgan fingerprint density at radius 2 is 1.43 bits per heavy atom. The molecule has 12 heteroatoms. The van der Waals surface area contributed by atoms with Gasteiger partial charge in [0.1, 0.15) is 5.75 Å². The summed E-state index contributed by atoms with van der Waals surface area (Å²) in [5, 5.41) is 8.67. The highest BCUT2D eigenvalue weighted by Crippen LogP contribution is 2.44. The second kappa shape index (κ2) is 19.5. The van der Waals surface area contributed by atoms with E-state index in [0.29, 0.717) is 53.9 Å². The molecule has 3 aromatic carbocycles. The lowest BCUT2D eigenvalue weighted by Gasteiger charge is -2.32. The molecule has 2 fully saturated rings. The molecule has 0 aromatic heterocycles. The molecule has 6 rings (SSSR count). The number of carbonyl (C=O) groups is 2. The second-order valence-corrected chi connectivity index (χ2v) is 13.5. The van der Waals surface area contributed by atoms with E-state index < -0.39 is 40.8 Å². The van der Waals surface area contributed by atoms with E-state index in [1.807, 2.05) is 12.1 Å².